The Hall–Kier alpha value is -1.84. The van der Waals surface area contributed by atoms with E-state index in [9.17, 15) is 0 Å². The van der Waals surface area contributed by atoms with Crippen LogP contribution in [-0.2, 0) is 0 Å². The standard InChI is InChI=1S/C10H11N3O/c1-6-7(2)14-10(13-6)9-8(11)4-3-5-12-9/h3-5H,11H2,1-2H3. The van der Waals surface area contributed by atoms with Crippen LogP contribution >= 0.6 is 0 Å². The highest BCUT2D eigenvalue weighted by atomic mass is 16.4. The van der Waals surface area contributed by atoms with E-state index in [2.05, 4.69) is 9.97 Å². The predicted molar refractivity (Wildman–Crippen MR) is 53.6 cm³/mol. The summed E-state index contributed by atoms with van der Waals surface area (Å²) in [4.78, 5) is 8.35. The van der Waals surface area contributed by atoms with Crippen molar-refractivity contribution in [2.75, 3.05) is 5.73 Å². The molecule has 0 aliphatic heterocycles. The monoisotopic (exact) mass is 189 g/mol. The maximum Gasteiger partial charge on any atom is 0.247 e. The molecular weight excluding hydrogens is 178 g/mol. The zero-order chi connectivity index (χ0) is 10.1. The molecule has 0 radical (unpaired) electrons. The van der Waals surface area contributed by atoms with Gasteiger partial charge in [-0.15, -0.1) is 0 Å². The number of rotatable bonds is 1. The maximum atomic E-state index is 5.75. The summed E-state index contributed by atoms with van der Waals surface area (Å²) in [5.41, 5.74) is 7.79. The van der Waals surface area contributed by atoms with Crippen LogP contribution in [0, 0.1) is 13.8 Å². The fourth-order valence-electron chi connectivity index (χ4n) is 1.17. The molecule has 4 heteroatoms. The molecule has 72 valence electrons. The Labute approximate surface area is 81.8 Å². The smallest absolute Gasteiger partial charge is 0.247 e. The molecule has 14 heavy (non-hydrogen) atoms. The third-order valence-corrected chi connectivity index (χ3v) is 2.07. The largest absolute Gasteiger partial charge is 0.440 e. The number of anilines is 1. The van der Waals surface area contributed by atoms with Gasteiger partial charge in [-0.2, -0.15) is 0 Å². The van der Waals surface area contributed by atoms with Crippen LogP contribution in [0.3, 0.4) is 0 Å². The summed E-state index contributed by atoms with van der Waals surface area (Å²) >= 11 is 0. The van der Waals surface area contributed by atoms with E-state index in [1.54, 1.807) is 18.3 Å². The van der Waals surface area contributed by atoms with Crippen molar-refractivity contribution >= 4 is 5.69 Å². The van der Waals surface area contributed by atoms with Gasteiger partial charge in [0.1, 0.15) is 11.5 Å². The minimum atomic E-state index is 0.484. The number of hydrogen-bond donors (Lipinski definition) is 1. The fraction of sp³-hybridized carbons (Fsp3) is 0.200. The van der Waals surface area contributed by atoms with Crippen LogP contribution in [0.4, 0.5) is 5.69 Å². The molecule has 2 aromatic rings. The Balaban J connectivity index is 2.55. The van der Waals surface area contributed by atoms with E-state index in [0.29, 0.717) is 17.3 Å². The molecule has 0 amide bonds. The molecule has 4 nitrogen and oxygen atoms in total. The number of aromatic nitrogens is 2. The molecule has 0 spiro atoms. The second kappa shape index (κ2) is 3.14. The van der Waals surface area contributed by atoms with Crippen LogP contribution in [0.2, 0.25) is 0 Å². The topological polar surface area (TPSA) is 64.9 Å². The first-order valence-corrected chi connectivity index (χ1v) is 4.33. The second-order valence-electron chi connectivity index (χ2n) is 3.10. The van der Waals surface area contributed by atoms with Crippen molar-refractivity contribution in [2.45, 2.75) is 13.8 Å². The first kappa shape index (κ1) is 8.74. The average Bonchev–Trinajstić information content (AvgIpc) is 2.48. The molecule has 0 bridgehead atoms. The summed E-state index contributed by atoms with van der Waals surface area (Å²) in [5.74, 6) is 1.28. The van der Waals surface area contributed by atoms with Crippen molar-refractivity contribution in [3.05, 3.63) is 29.8 Å². The Bertz CT molecular complexity index is 443. The number of nitrogens with two attached hydrogens (primary N) is 1. The fourth-order valence-corrected chi connectivity index (χ4v) is 1.17. The van der Waals surface area contributed by atoms with Crippen LogP contribution in [0.1, 0.15) is 11.5 Å². The highest BCUT2D eigenvalue weighted by Gasteiger charge is 2.11. The van der Waals surface area contributed by atoms with Gasteiger partial charge in [-0.3, -0.25) is 0 Å². The average molecular weight is 189 g/mol. The van der Waals surface area contributed by atoms with E-state index in [1.165, 1.54) is 0 Å². The lowest BCUT2D eigenvalue weighted by Crippen LogP contribution is -1.92. The summed E-state index contributed by atoms with van der Waals surface area (Å²) < 4.78 is 5.43. The number of hydrogen-bond acceptors (Lipinski definition) is 4. The van der Waals surface area contributed by atoms with Gasteiger partial charge in [0.2, 0.25) is 5.89 Å². The van der Waals surface area contributed by atoms with E-state index in [1.807, 2.05) is 13.8 Å². The number of aryl methyl sites for hydroxylation is 2. The molecule has 0 aromatic carbocycles. The quantitative estimate of drug-likeness (QED) is 0.744. The van der Waals surface area contributed by atoms with Crippen molar-refractivity contribution in [1.82, 2.24) is 9.97 Å². The van der Waals surface area contributed by atoms with Crippen molar-refractivity contribution in [3.8, 4) is 11.6 Å². The Kier molecular flexibility index (Phi) is 1.96. The SMILES string of the molecule is Cc1nc(-c2ncccc2N)oc1C. The van der Waals surface area contributed by atoms with E-state index in [4.69, 9.17) is 10.2 Å². The number of oxazole rings is 1. The molecule has 2 heterocycles. The van der Waals surface area contributed by atoms with Crippen LogP contribution in [0.25, 0.3) is 11.6 Å². The Morgan fingerprint density at radius 3 is 2.71 bits per heavy atom. The van der Waals surface area contributed by atoms with Crippen molar-refractivity contribution < 1.29 is 4.42 Å². The predicted octanol–water partition coefficient (Wildman–Crippen LogP) is 1.94. The zero-order valence-electron chi connectivity index (χ0n) is 8.11. The lowest BCUT2D eigenvalue weighted by Gasteiger charge is -1.97. The van der Waals surface area contributed by atoms with Gasteiger partial charge in [-0.05, 0) is 26.0 Å². The number of nitrogen functional groups attached to an aromatic ring is 1. The van der Waals surface area contributed by atoms with Crippen molar-refractivity contribution in [2.24, 2.45) is 0 Å². The molecule has 0 fully saturated rings. The van der Waals surface area contributed by atoms with Crippen LogP contribution in [-0.4, -0.2) is 9.97 Å². The molecule has 0 saturated carbocycles. The lowest BCUT2D eigenvalue weighted by atomic mass is 10.3. The van der Waals surface area contributed by atoms with Gasteiger partial charge in [0.25, 0.3) is 0 Å². The third kappa shape index (κ3) is 1.35. The normalized spacial score (nSPS) is 10.4. The third-order valence-electron chi connectivity index (χ3n) is 2.07. The molecule has 0 aliphatic carbocycles. The van der Waals surface area contributed by atoms with E-state index >= 15 is 0 Å². The minimum Gasteiger partial charge on any atom is -0.440 e. The molecule has 0 atom stereocenters. The maximum absolute atomic E-state index is 5.75. The molecule has 0 aliphatic rings. The minimum absolute atomic E-state index is 0.484. The molecule has 0 saturated heterocycles. The highest BCUT2D eigenvalue weighted by molar-refractivity contribution is 5.65. The van der Waals surface area contributed by atoms with Crippen molar-refractivity contribution in [1.29, 1.82) is 0 Å². The first-order chi connectivity index (χ1) is 6.68. The van der Waals surface area contributed by atoms with Crippen molar-refractivity contribution in [3.63, 3.8) is 0 Å². The summed E-state index contributed by atoms with van der Waals surface area (Å²) in [6, 6.07) is 3.55. The van der Waals surface area contributed by atoms with E-state index < -0.39 is 0 Å². The molecule has 2 rings (SSSR count). The summed E-state index contributed by atoms with van der Waals surface area (Å²) in [6.07, 6.45) is 1.67. The van der Waals surface area contributed by atoms with Gasteiger partial charge in [0.15, 0.2) is 0 Å². The van der Waals surface area contributed by atoms with Crippen LogP contribution < -0.4 is 5.73 Å². The Morgan fingerprint density at radius 1 is 1.36 bits per heavy atom. The van der Waals surface area contributed by atoms with E-state index in [-0.39, 0.29) is 0 Å². The van der Waals surface area contributed by atoms with Gasteiger partial charge in [-0.25, -0.2) is 9.97 Å². The number of pyridine rings is 1. The van der Waals surface area contributed by atoms with Gasteiger partial charge >= 0.3 is 0 Å². The summed E-state index contributed by atoms with van der Waals surface area (Å²) in [5, 5.41) is 0. The van der Waals surface area contributed by atoms with Gasteiger partial charge < -0.3 is 10.2 Å². The molecule has 2 aromatic heterocycles. The molecular formula is C10H11N3O. The summed E-state index contributed by atoms with van der Waals surface area (Å²) in [6.45, 7) is 3.76. The summed E-state index contributed by atoms with van der Waals surface area (Å²) in [7, 11) is 0. The second-order valence-corrected chi connectivity index (χ2v) is 3.10. The number of nitrogens with zero attached hydrogens (tertiary/aromatic N) is 2. The lowest BCUT2D eigenvalue weighted by molar-refractivity contribution is 0.539. The van der Waals surface area contributed by atoms with E-state index in [0.717, 1.165) is 11.5 Å². The Morgan fingerprint density at radius 2 is 2.14 bits per heavy atom. The molecule has 0 unspecified atom stereocenters. The highest BCUT2D eigenvalue weighted by Crippen LogP contribution is 2.23. The molecule has 2 N–H and O–H groups in total. The van der Waals surface area contributed by atoms with Gasteiger partial charge in [0, 0.05) is 6.20 Å². The van der Waals surface area contributed by atoms with Crippen LogP contribution in [0.5, 0.6) is 0 Å². The van der Waals surface area contributed by atoms with Gasteiger partial charge in [-0.1, -0.05) is 0 Å². The first-order valence-electron chi connectivity index (χ1n) is 4.33. The van der Waals surface area contributed by atoms with Crippen LogP contribution in [0.15, 0.2) is 22.7 Å². The van der Waals surface area contributed by atoms with Gasteiger partial charge in [0.05, 0.1) is 11.4 Å². The zero-order valence-corrected chi connectivity index (χ0v) is 8.11.